The van der Waals surface area contributed by atoms with Gasteiger partial charge in [-0.15, -0.1) is 0 Å². The summed E-state index contributed by atoms with van der Waals surface area (Å²) in [5.74, 6) is -2.32. The Morgan fingerprint density at radius 1 is 0.792 bits per heavy atom. The Labute approximate surface area is 315 Å². The number of carbonyl (C=O) groups is 3. The van der Waals surface area contributed by atoms with E-state index in [1.54, 1.807) is 36.4 Å². The molecule has 0 radical (unpaired) electrons. The summed E-state index contributed by atoms with van der Waals surface area (Å²) < 4.78 is 0. The quantitative estimate of drug-likeness (QED) is 0.130. The number of allylic oxidation sites excluding steroid dienone is 2. The molecule has 9 heteroatoms. The molecule has 1 atom stereocenters. The van der Waals surface area contributed by atoms with Gasteiger partial charge in [-0.3, -0.25) is 14.4 Å². The number of aliphatic carboxylic acids is 1. The number of phenolic OH excluding ortho intramolecular Hbond substituents is 1. The fourth-order valence-corrected chi connectivity index (χ4v) is 7.66. The zero-order chi connectivity index (χ0) is 37.1. The van der Waals surface area contributed by atoms with Crippen molar-refractivity contribution in [2.45, 2.75) is 31.6 Å². The van der Waals surface area contributed by atoms with E-state index in [0.29, 0.717) is 46.1 Å². The number of phenols is 1. The number of carboxylic acids is 1. The first-order valence-electron chi connectivity index (χ1n) is 17.2. The zero-order valence-electron chi connectivity index (χ0n) is 28.4. The lowest BCUT2D eigenvalue weighted by atomic mass is 9.79. The van der Waals surface area contributed by atoms with E-state index >= 15 is 0 Å². The Kier molecular flexibility index (Phi) is 10.3. The Morgan fingerprint density at radius 3 is 2.38 bits per heavy atom. The molecule has 1 amide bonds. The van der Waals surface area contributed by atoms with Crippen LogP contribution in [0.25, 0.3) is 17.7 Å². The number of fused-ring (bicyclic) bond motifs is 5. The molecular formula is C44H34Cl2N2O5. The van der Waals surface area contributed by atoms with Crippen LogP contribution in [0.2, 0.25) is 10.0 Å². The fraction of sp³-hybridized carbons (Fsp3) is 0.114. The lowest BCUT2D eigenvalue weighted by Crippen LogP contribution is -2.27. The number of rotatable bonds is 6. The van der Waals surface area contributed by atoms with Crippen molar-refractivity contribution in [3.8, 4) is 5.75 Å². The third-order valence-electron chi connectivity index (χ3n) is 9.59. The minimum Gasteiger partial charge on any atom is -0.507 e. The van der Waals surface area contributed by atoms with E-state index in [-0.39, 0.29) is 23.5 Å². The van der Waals surface area contributed by atoms with Gasteiger partial charge in [0.2, 0.25) is 0 Å². The van der Waals surface area contributed by atoms with Crippen molar-refractivity contribution in [3.05, 3.63) is 174 Å². The molecule has 5 aromatic rings. The number of amides is 1. The van der Waals surface area contributed by atoms with Gasteiger partial charge in [0.1, 0.15) is 5.75 Å². The van der Waals surface area contributed by atoms with Crippen molar-refractivity contribution in [1.29, 1.82) is 0 Å². The van der Waals surface area contributed by atoms with E-state index in [4.69, 9.17) is 23.2 Å². The van der Waals surface area contributed by atoms with Gasteiger partial charge in [-0.1, -0.05) is 96.0 Å². The highest BCUT2D eigenvalue weighted by Gasteiger charge is 2.27. The Morgan fingerprint density at radius 2 is 1.57 bits per heavy atom. The van der Waals surface area contributed by atoms with Crippen LogP contribution in [0.15, 0.2) is 115 Å². The van der Waals surface area contributed by atoms with Gasteiger partial charge < -0.3 is 20.8 Å². The van der Waals surface area contributed by atoms with Gasteiger partial charge in [0.15, 0.2) is 5.78 Å². The molecule has 1 heterocycles. The number of hydrogen-bond donors (Lipinski definition) is 4. The van der Waals surface area contributed by atoms with Gasteiger partial charge in [-0.05, 0) is 99.3 Å². The highest BCUT2D eigenvalue weighted by molar-refractivity contribution is 6.34. The molecule has 7 nitrogen and oxygen atoms in total. The molecule has 53 heavy (non-hydrogen) atoms. The normalized spacial score (nSPS) is 14.8. The third-order valence-corrected chi connectivity index (χ3v) is 10.2. The molecule has 0 saturated carbocycles. The maximum atomic E-state index is 13.8. The molecule has 0 aromatic heterocycles. The van der Waals surface area contributed by atoms with Crippen LogP contribution in [-0.4, -0.2) is 27.9 Å². The summed E-state index contributed by atoms with van der Waals surface area (Å²) >= 11 is 12.6. The molecule has 1 unspecified atom stereocenters. The van der Waals surface area contributed by atoms with Gasteiger partial charge in [0, 0.05) is 40.2 Å². The van der Waals surface area contributed by atoms with Crippen LogP contribution < -0.4 is 21.1 Å². The minimum absolute atomic E-state index is 0.0977. The number of carbonyl (C=O) groups excluding carboxylic acids is 2. The summed E-state index contributed by atoms with van der Waals surface area (Å²) in [7, 11) is 0. The van der Waals surface area contributed by atoms with Crippen LogP contribution in [0.5, 0.6) is 5.75 Å². The number of nitrogens with one attached hydrogen (secondary N) is 2. The number of halogens is 2. The SMILES string of the molecule is C1=CNc2ccccc2C=C1.O=C(O)CC1C=c2c(Cl)cccc2=c2ccc3c(c21)CCCC=3C(=O)c1ccc(NC(=O)c2ccccc2Cl)cc1O. The van der Waals surface area contributed by atoms with Gasteiger partial charge >= 0.3 is 5.97 Å². The maximum Gasteiger partial charge on any atom is 0.304 e. The molecule has 2 aliphatic carbocycles. The second-order valence-corrected chi connectivity index (χ2v) is 13.7. The monoisotopic (exact) mass is 740 g/mol. The van der Waals surface area contributed by atoms with E-state index in [9.17, 15) is 24.6 Å². The molecule has 0 spiro atoms. The van der Waals surface area contributed by atoms with E-state index in [0.717, 1.165) is 37.7 Å². The van der Waals surface area contributed by atoms with Crippen molar-refractivity contribution < 1.29 is 24.6 Å². The largest absolute Gasteiger partial charge is 0.507 e. The second-order valence-electron chi connectivity index (χ2n) is 12.9. The lowest BCUT2D eigenvalue weighted by Gasteiger charge is -2.25. The predicted molar refractivity (Wildman–Crippen MR) is 211 cm³/mol. The molecule has 264 valence electrons. The molecule has 5 aromatic carbocycles. The second kappa shape index (κ2) is 15.4. The zero-order valence-corrected chi connectivity index (χ0v) is 29.9. The standard InChI is InChI=1S/C34H25Cl2NO5.C10H9N/c35-28-9-2-1-5-25(28)34(42)37-19-11-12-26(30(38)17-19)33(41)24-8-3-7-22-21(24)13-14-23-20-6-4-10-29(36)27(20)15-18(32(22)23)16-31(39)40;1-2-7-10-9(5-1)6-3-4-8-11-10/h1-2,4-6,9-15,17-18,38H,3,7-8,16H2,(H,37,42)(H,39,40);1-8,11H. The number of para-hydroxylation sites is 1. The number of benzene rings is 5. The number of aromatic hydroxyl groups is 1. The Balaban J connectivity index is 0.000000336. The molecule has 0 fully saturated rings. The molecule has 4 N–H and O–H groups in total. The van der Waals surface area contributed by atoms with E-state index in [1.807, 2.05) is 60.8 Å². The van der Waals surface area contributed by atoms with Crippen LogP contribution in [0.1, 0.15) is 62.6 Å². The molecule has 0 bridgehead atoms. The van der Waals surface area contributed by atoms with E-state index in [1.165, 1.54) is 17.7 Å². The first-order chi connectivity index (χ1) is 25.7. The highest BCUT2D eigenvalue weighted by Crippen LogP contribution is 2.33. The van der Waals surface area contributed by atoms with Crippen LogP contribution in [0.4, 0.5) is 11.4 Å². The number of hydrogen-bond acceptors (Lipinski definition) is 5. The predicted octanol–water partition coefficient (Wildman–Crippen LogP) is 8.60. The summed E-state index contributed by atoms with van der Waals surface area (Å²) in [5.41, 5.74) is 5.57. The van der Waals surface area contributed by atoms with Crippen molar-refractivity contribution in [2.75, 3.05) is 10.6 Å². The number of anilines is 2. The van der Waals surface area contributed by atoms with Crippen LogP contribution in [-0.2, 0) is 11.2 Å². The van der Waals surface area contributed by atoms with E-state index < -0.39 is 17.8 Å². The smallest absolute Gasteiger partial charge is 0.304 e. The van der Waals surface area contributed by atoms with Crippen molar-refractivity contribution in [1.82, 2.24) is 0 Å². The fourth-order valence-electron chi connectivity index (χ4n) is 7.20. The number of Topliss-reactive ketones (excluding diaryl/α,β-unsaturated/α-hetero) is 1. The van der Waals surface area contributed by atoms with Gasteiger partial charge in [-0.25, -0.2) is 0 Å². The minimum atomic E-state index is -0.918. The van der Waals surface area contributed by atoms with Crippen LogP contribution in [0, 0.1) is 10.4 Å². The lowest BCUT2D eigenvalue weighted by molar-refractivity contribution is -0.137. The number of carboxylic acid groups (broad SMARTS) is 1. The molecule has 1 aliphatic heterocycles. The summed E-state index contributed by atoms with van der Waals surface area (Å²) in [4.78, 5) is 38.3. The van der Waals surface area contributed by atoms with Crippen LogP contribution >= 0.6 is 23.2 Å². The van der Waals surface area contributed by atoms with Gasteiger partial charge in [0.05, 0.1) is 22.6 Å². The first kappa shape index (κ1) is 35.5. The summed E-state index contributed by atoms with van der Waals surface area (Å²) in [6.45, 7) is 0. The Hall–Kier alpha value is -5.89. The molecule has 8 rings (SSSR count). The Bertz CT molecular complexity index is 2600. The summed E-state index contributed by atoms with van der Waals surface area (Å²) in [5, 5.41) is 30.8. The van der Waals surface area contributed by atoms with Crippen LogP contribution in [0.3, 0.4) is 0 Å². The van der Waals surface area contributed by atoms with Crippen molar-refractivity contribution in [2.24, 2.45) is 0 Å². The van der Waals surface area contributed by atoms with Gasteiger partial charge in [0.25, 0.3) is 5.91 Å². The highest BCUT2D eigenvalue weighted by atomic mass is 35.5. The first-order valence-corrected chi connectivity index (χ1v) is 17.9. The topological polar surface area (TPSA) is 116 Å². The molecular weight excluding hydrogens is 707 g/mol. The van der Waals surface area contributed by atoms with E-state index in [2.05, 4.69) is 28.8 Å². The average molecular weight is 742 g/mol. The summed E-state index contributed by atoms with van der Waals surface area (Å²) in [6.07, 6.45) is 11.8. The number of ketones is 1. The molecule has 0 saturated heterocycles. The average Bonchev–Trinajstić information content (AvgIpc) is 3.41. The van der Waals surface area contributed by atoms with Gasteiger partial charge in [-0.2, -0.15) is 0 Å². The molecule has 3 aliphatic rings. The van der Waals surface area contributed by atoms with Crippen molar-refractivity contribution >= 4 is 70.0 Å². The van der Waals surface area contributed by atoms with Crippen molar-refractivity contribution in [3.63, 3.8) is 0 Å². The maximum absolute atomic E-state index is 13.8. The third kappa shape index (κ3) is 7.40. The summed E-state index contributed by atoms with van der Waals surface area (Å²) in [6, 6.07) is 28.8.